The standard InChI is InChI=1S/C14H11N3O3S/c1-8-15-9(7-21-8)6-17-13(18)11-5-3-2-4-10(11)12(16-17)14(19)20/h2-5,7H,6H2,1H3,(H,19,20). The Morgan fingerprint density at radius 1 is 1.33 bits per heavy atom. The second-order valence-corrected chi connectivity index (χ2v) is 5.58. The minimum Gasteiger partial charge on any atom is -0.476 e. The van der Waals surface area contributed by atoms with Gasteiger partial charge in [0.15, 0.2) is 5.69 Å². The normalized spacial score (nSPS) is 10.9. The van der Waals surface area contributed by atoms with E-state index in [-0.39, 0.29) is 17.8 Å². The molecule has 0 saturated carbocycles. The highest BCUT2D eigenvalue weighted by Gasteiger charge is 2.16. The van der Waals surface area contributed by atoms with Gasteiger partial charge in [0, 0.05) is 10.8 Å². The van der Waals surface area contributed by atoms with Gasteiger partial charge in [0.2, 0.25) is 0 Å². The molecule has 2 aromatic heterocycles. The van der Waals surface area contributed by atoms with Gasteiger partial charge in [-0.05, 0) is 13.0 Å². The summed E-state index contributed by atoms with van der Waals surface area (Å²) in [6.07, 6.45) is 0. The second-order valence-electron chi connectivity index (χ2n) is 4.52. The molecule has 0 amide bonds. The van der Waals surface area contributed by atoms with Crippen LogP contribution in [0.25, 0.3) is 10.8 Å². The number of carboxylic acid groups (broad SMARTS) is 1. The maximum absolute atomic E-state index is 12.4. The van der Waals surface area contributed by atoms with E-state index in [1.807, 2.05) is 12.3 Å². The van der Waals surface area contributed by atoms with E-state index in [0.717, 1.165) is 9.69 Å². The summed E-state index contributed by atoms with van der Waals surface area (Å²) in [5, 5.41) is 16.7. The number of aromatic carboxylic acids is 1. The molecule has 2 heterocycles. The van der Waals surface area contributed by atoms with Crippen molar-refractivity contribution in [1.82, 2.24) is 14.8 Å². The molecule has 6 nitrogen and oxygen atoms in total. The lowest BCUT2D eigenvalue weighted by atomic mass is 10.1. The van der Waals surface area contributed by atoms with Crippen LogP contribution in [0.15, 0.2) is 34.4 Å². The zero-order valence-electron chi connectivity index (χ0n) is 11.1. The first-order valence-electron chi connectivity index (χ1n) is 6.20. The minimum atomic E-state index is -1.16. The summed E-state index contributed by atoms with van der Waals surface area (Å²) < 4.78 is 1.15. The maximum atomic E-state index is 12.4. The van der Waals surface area contributed by atoms with Crippen molar-refractivity contribution < 1.29 is 9.90 Å². The van der Waals surface area contributed by atoms with Gasteiger partial charge in [-0.3, -0.25) is 4.79 Å². The van der Waals surface area contributed by atoms with Crippen LogP contribution in [0.1, 0.15) is 21.2 Å². The van der Waals surface area contributed by atoms with Gasteiger partial charge < -0.3 is 5.11 Å². The average molecular weight is 301 g/mol. The Morgan fingerprint density at radius 2 is 2.05 bits per heavy atom. The Hall–Kier alpha value is -2.54. The second kappa shape index (κ2) is 5.10. The predicted octanol–water partition coefficient (Wildman–Crippen LogP) is 1.91. The Balaban J connectivity index is 2.21. The summed E-state index contributed by atoms with van der Waals surface area (Å²) in [6, 6.07) is 6.58. The smallest absolute Gasteiger partial charge is 0.357 e. The SMILES string of the molecule is Cc1nc(Cn2nc(C(=O)O)c3ccccc3c2=O)cs1. The Morgan fingerprint density at radius 3 is 2.67 bits per heavy atom. The number of rotatable bonds is 3. The van der Waals surface area contributed by atoms with Crippen molar-refractivity contribution in [2.45, 2.75) is 13.5 Å². The van der Waals surface area contributed by atoms with Crippen molar-refractivity contribution in [3.8, 4) is 0 Å². The molecular weight excluding hydrogens is 290 g/mol. The molecular formula is C14H11N3O3S. The number of carboxylic acids is 1. The summed E-state index contributed by atoms with van der Waals surface area (Å²) in [5.74, 6) is -1.16. The van der Waals surface area contributed by atoms with E-state index in [2.05, 4.69) is 10.1 Å². The van der Waals surface area contributed by atoms with Gasteiger partial charge in [-0.15, -0.1) is 11.3 Å². The van der Waals surface area contributed by atoms with Crippen LogP contribution in [0.5, 0.6) is 0 Å². The van der Waals surface area contributed by atoms with Crippen LogP contribution in [-0.4, -0.2) is 25.8 Å². The van der Waals surface area contributed by atoms with Gasteiger partial charge >= 0.3 is 5.97 Å². The van der Waals surface area contributed by atoms with Crippen molar-refractivity contribution in [3.05, 3.63) is 56.4 Å². The third-order valence-electron chi connectivity index (χ3n) is 3.05. The monoisotopic (exact) mass is 301 g/mol. The highest BCUT2D eigenvalue weighted by Crippen LogP contribution is 2.14. The fourth-order valence-electron chi connectivity index (χ4n) is 2.13. The molecule has 0 unspecified atom stereocenters. The van der Waals surface area contributed by atoms with Crippen LogP contribution in [0.4, 0.5) is 0 Å². The number of aromatic nitrogens is 3. The first-order valence-corrected chi connectivity index (χ1v) is 7.08. The topological polar surface area (TPSA) is 85.1 Å². The molecule has 21 heavy (non-hydrogen) atoms. The summed E-state index contributed by atoms with van der Waals surface area (Å²) in [5.41, 5.74) is 0.247. The molecule has 1 N–H and O–H groups in total. The molecule has 0 fully saturated rings. The van der Waals surface area contributed by atoms with E-state index >= 15 is 0 Å². The number of aryl methyl sites for hydroxylation is 1. The predicted molar refractivity (Wildman–Crippen MR) is 78.9 cm³/mol. The van der Waals surface area contributed by atoms with Gasteiger partial charge in [-0.2, -0.15) is 5.10 Å². The van der Waals surface area contributed by atoms with Crippen LogP contribution in [0.2, 0.25) is 0 Å². The molecule has 0 bridgehead atoms. The van der Waals surface area contributed by atoms with Crippen LogP contribution < -0.4 is 5.56 Å². The van der Waals surface area contributed by atoms with Gasteiger partial charge in [0.1, 0.15) is 0 Å². The number of nitrogens with zero attached hydrogens (tertiary/aromatic N) is 3. The van der Waals surface area contributed by atoms with E-state index in [9.17, 15) is 14.7 Å². The zero-order valence-corrected chi connectivity index (χ0v) is 11.9. The van der Waals surface area contributed by atoms with Gasteiger partial charge in [-0.1, -0.05) is 18.2 Å². The number of carbonyl (C=O) groups is 1. The lowest BCUT2D eigenvalue weighted by Gasteiger charge is -2.07. The van der Waals surface area contributed by atoms with Crippen molar-refractivity contribution >= 4 is 28.1 Å². The number of thiazole rings is 1. The Kier molecular flexibility index (Phi) is 3.26. The number of fused-ring (bicyclic) bond motifs is 1. The Labute approximate surface area is 123 Å². The van der Waals surface area contributed by atoms with Crippen LogP contribution >= 0.6 is 11.3 Å². The van der Waals surface area contributed by atoms with Crippen molar-refractivity contribution in [1.29, 1.82) is 0 Å². The summed E-state index contributed by atoms with van der Waals surface area (Å²) in [7, 11) is 0. The molecule has 0 aliphatic rings. The van der Waals surface area contributed by atoms with Gasteiger partial charge in [0.25, 0.3) is 5.56 Å². The molecule has 3 aromatic rings. The van der Waals surface area contributed by atoms with Crippen molar-refractivity contribution in [2.24, 2.45) is 0 Å². The fourth-order valence-corrected chi connectivity index (χ4v) is 2.74. The molecule has 106 valence electrons. The summed E-state index contributed by atoms with van der Waals surface area (Å²) >= 11 is 1.47. The molecule has 0 saturated heterocycles. The van der Waals surface area contributed by atoms with E-state index in [0.29, 0.717) is 16.5 Å². The maximum Gasteiger partial charge on any atom is 0.357 e. The third kappa shape index (κ3) is 2.43. The van der Waals surface area contributed by atoms with Gasteiger partial charge in [0.05, 0.1) is 22.6 Å². The third-order valence-corrected chi connectivity index (χ3v) is 3.87. The highest BCUT2D eigenvalue weighted by molar-refractivity contribution is 7.09. The van der Waals surface area contributed by atoms with E-state index < -0.39 is 5.97 Å². The van der Waals surface area contributed by atoms with E-state index in [4.69, 9.17) is 0 Å². The molecule has 0 aliphatic carbocycles. The number of hydrogen-bond donors (Lipinski definition) is 1. The lowest BCUT2D eigenvalue weighted by molar-refractivity contribution is 0.0690. The molecule has 0 atom stereocenters. The van der Waals surface area contributed by atoms with E-state index in [1.165, 1.54) is 11.3 Å². The van der Waals surface area contributed by atoms with Gasteiger partial charge in [-0.25, -0.2) is 14.5 Å². The van der Waals surface area contributed by atoms with E-state index in [1.54, 1.807) is 24.3 Å². The Bertz CT molecular complexity index is 898. The molecule has 0 aliphatic heterocycles. The molecule has 0 radical (unpaired) electrons. The molecule has 0 spiro atoms. The molecule has 7 heteroatoms. The van der Waals surface area contributed by atoms with Crippen molar-refractivity contribution in [2.75, 3.05) is 0 Å². The lowest BCUT2D eigenvalue weighted by Crippen LogP contribution is -2.26. The first-order chi connectivity index (χ1) is 10.1. The number of benzene rings is 1. The minimum absolute atomic E-state index is 0.128. The summed E-state index contributed by atoms with van der Waals surface area (Å²) in [6.45, 7) is 2.03. The van der Waals surface area contributed by atoms with Crippen LogP contribution in [0.3, 0.4) is 0 Å². The first kappa shape index (κ1) is 13.4. The average Bonchev–Trinajstić information content (AvgIpc) is 2.87. The highest BCUT2D eigenvalue weighted by atomic mass is 32.1. The van der Waals surface area contributed by atoms with Crippen LogP contribution in [0, 0.1) is 6.92 Å². The molecule has 3 rings (SSSR count). The number of hydrogen-bond acceptors (Lipinski definition) is 5. The largest absolute Gasteiger partial charge is 0.476 e. The summed E-state index contributed by atoms with van der Waals surface area (Å²) in [4.78, 5) is 28.0. The fraction of sp³-hybridized carbons (Fsp3) is 0.143. The zero-order chi connectivity index (χ0) is 15.0. The van der Waals surface area contributed by atoms with Crippen molar-refractivity contribution in [3.63, 3.8) is 0 Å². The molecule has 1 aromatic carbocycles. The van der Waals surface area contributed by atoms with Crippen LogP contribution in [-0.2, 0) is 6.54 Å². The quantitative estimate of drug-likeness (QED) is 0.798.